The highest BCUT2D eigenvalue weighted by atomic mass is 16.1. The monoisotopic (exact) mass is 248 g/mol. The first-order chi connectivity index (χ1) is 8.29. The van der Waals surface area contributed by atoms with E-state index in [0.29, 0.717) is 12.2 Å². The summed E-state index contributed by atoms with van der Waals surface area (Å²) in [6, 6.07) is 0. The third kappa shape index (κ3) is 5.25. The second-order valence-electron chi connectivity index (χ2n) is 7.05. The van der Waals surface area contributed by atoms with E-state index in [1.807, 2.05) is 0 Å². The molecule has 0 saturated heterocycles. The molecule has 1 aliphatic carbocycles. The van der Waals surface area contributed by atoms with Gasteiger partial charge in [0.25, 0.3) is 0 Å². The normalized spacial score (nSPS) is 24.6. The highest BCUT2D eigenvalue weighted by molar-refractivity contribution is 5.83. The van der Waals surface area contributed by atoms with Crippen LogP contribution in [-0.4, -0.2) is 5.78 Å². The summed E-state index contributed by atoms with van der Waals surface area (Å²) in [6.45, 7) is 10.8. The summed E-state index contributed by atoms with van der Waals surface area (Å²) in [5.74, 6) is 8.45. The largest absolute Gasteiger partial charge is 0.298 e. The van der Waals surface area contributed by atoms with E-state index < -0.39 is 0 Å². The molecular weight excluding hydrogens is 220 g/mol. The molecule has 1 heteroatoms. The number of carbonyl (C=O) groups excluding carboxylic acids is 1. The maximum atomic E-state index is 12.1. The van der Waals surface area contributed by atoms with E-state index in [9.17, 15) is 4.79 Å². The Kier molecular flexibility index (Phi) is 5.45. The summed E-state index contributed by atoms with van der Waals surface area (Å²) in [6.07, 6.45) is 5.06. The molecule has 18 heavy (non-hydrogen) atoms. The molecule has 0 spiro atoms. The van der Waals surface area contributed by atoms with Crippen LogP contribution in [0.4, 0.5) is 0 Å². The van der Waals surface area contributed by atoms with Gasteiger partial charge >= 0.3 is 0 Å². The van der Waals surface area contributed by atoms with Gasteiger partial charge in [-0.3, -0.25) is 4.79 Å². The Morgan fingerprint density at radius 3 is 2.17 bits per heavy atom. The average Bonchev–Trinajstić information content (AvgIpc) is 2.27. The number of carbonyl (C=O) groups is 1. The van der Waals surface area contributed by atoms with Gasteiger partial charge in [-0.2, -0.15) is 0 Å². The standard InChI is InChI=1S/C17H28O/c1-13(2)14-8-10-15(11-9-14)16(18)7-6-12-17(3,4)5/h13-15H,7-11H2,1-5H3. The zero-order chi connectivity index (χ0) is 13.8. The summed E-state index contributed by atoms with van der Waals surface area (Å²) in [5, 5.41) is 0. The van der Waals surface area contributed by atoms with Crippen LogP contribution in [0.2, 0.25) is 0 Å². The number of ketones is 1. The molecule has 0 amide bonds. The SMILES string of the molecule is CC(C)C1CCC(C(=O)CC#CC(C)(C)C)CC1. The van der Waals surface area contributed by atoms with E-state index in [1.165, 1.54) is 12.8 Å². The van der Waals surface area contributed by atoms with E-state index in [-0.39, 0.29) is 11.3 Å². The van der Waals surface area contributed by atoms with E-state index in [4.69, 9.17) is 0 Å². The molecule has 0 aromatic rings. The zero-order valence-electron chi connectivity index (χ0n) is 12.7. The maximum absolute atomic E-state index is 12.1. The molecule has 1 aliphatic rings. The molecule has 1 rings (SSSR count). The molecule has 0 radical (unpaired) electrons. The van der Waals surface area contributed by atoms with Gasteiger partial charge in [0.1, 0.15) is 5.78 Å². The number of hydrogen-bond donors (Lipinski definition) is 0. The quantitative estimate of drug-likeness (QED) is 0.674. The fourth-order valence-corrected chi connectivity index (χ4v) is 2.65. The second-order valence-corrected chi connectivity index (χ2v) is 7.05. The Bertz CT molecular complexity index is 327. The Balaban J connectivity index is 2.38. The number of hydrogen-bond acceptors (Lipinski definition) is 1. The van der Waals surface area contributed by atoms with E-state index in [2.05, 4.69) is 46.5 Å². The van der Waals surface area contributed by atoms with Gasteiger partial charge in [-0.05, 0) is 58.3 Å². The van der Waals surface area contributed by atoms with Crippen molar-refractivity contribution in [1.82, 2.24) is 0 Å². The van der Waals surface area contributed by atoms with E-state index in [0.717, 1.165) is 24.7 Å². The minimum Gasteiger partial charge on any atom is -0.298 e. The molecule has 1 saturated carbocycles. The summed E-state index contributed by atoms with van der Waals surface area (Å²) in [7, 11) is 0. The van der Waals surface area contributed by atoms with Crippen LogP contribution < -0.4 is 0 Å². The number of rotatable bonds is 3. The lowest BCUT2D eigenvalue weighted by atomic mass is 9.75. The third-order valence-corrected chi connectivity index (χ3v) is 3.90. The van der Waals surface area contributed by atoms with Gasteiger partial charge in [-0.25, -0.2) is 0 Å². The van der Waals surface area contributed by atoms with Crippen molar-refractivity contribution in [2.45, 2.75) is 66.7 Å². The molecule has 0 heterocycles. The van der Waals surface area contributed by atoms with Gasteiger partial charge in [0.15, 0.2) is 0 Å². The first-order valence-corrected chi connectivity index (χ1v) is 7.32. The highest BCUT2D eigenvalue weighted by Crippen LogP contribution is 2.33. The third-order valence-electron chi connectivity index (χ3n) is 3.90. The predicted molar refractivity (Wildman–Crippen MR) is 77.1 cm³/mol. The Hall–Kier alpha value is -0.770. The van der Waals surface area contributed by atoms with Gasteiger partial charge in [0, 0.05) is 11.3 Å². The summed E-state index contributed by atoms with van der Waals surface area (Å²) >= 11 is 0. The summed E-state index contributed by atoms with van der Waals surface area (Å²) in [4.78, 5) is 12.1. The lowest BCUT2D eigenvalue weighted by molar-refractivity contribution is -0.123. The molecule has 0 aromatic carbocycles. The van der Waals surface area contributed by atoms with Crippen molar-refractivity contribution in [2.75, 3.05) is 0 Å². The lowest BCUT2D eigenvalue weighted by Crippen LogP contribution is -2.23. The Labute approximate surface area is 113 Å². The van der Waals surface area contributed by atoms with Crippen molar-refractivity contribution < 1.29 is 4.79 Å². The van der Waals surface area contributed by atoms with Crippen LogP contribution in [0.5, 0.6) is 0 Å². The summed E-state index contributed by atoms with van der Waals surface area (Å²) in [5.41, 5.74) is 0.00951. The van der Waals surface area contributed by atoms with Gasteiger partial charge in [-0.1, -0.05) is 25.7 Å². The average molecular weight is 248 g/mol. The maximum Gasteiger partial charge on any atom is 0.147 e. The lowest BCUT2D eigenvalue weighted by Gasteiger charge is -2.29. The van der Waals surface area contributed by atoms with Gasteiger partial charge in [-0.15, -0.1) is 0 Å². The van der Waals surface area contributed by atoms with Crippen LogP contribution in [0.25, 0.3) is 0 Å². The highest BCUT2D eigenvalue weighted by Gasteiger charge is 2.26. The van der Waals surface area contributed by atoms with Crippen LogP contribution >= 0.6 is 0 Å². The number of Topliss-reactive ketones (excluding diaryl/α,β-unsaturated/α-hetero) is 1. The van der Waals surface area contributed by atoms with E-state index in [1.54, 1.807) is 0 Å². The smallest absolute Gasteiger partial charge is 0.147 e. The van der Waals surface area contributed by atoms with Crippen LogP contribution in [0.3, 0.4) is 0 Å². The molecule has 0 aromatic heterocycles. The van der Waals surface area contributed by atoms with Crippen molar-refractivity contribution in [1.29, 1.82) is 0 Å². The zero-order valence-corrected chi connectivity index (χ0v) is 12.7. The molecular formula is C17H28O. The van der Waals surface area contributed by atoms with Gasteiger partial charge < -0.3 is 0 Å². The molecule has 1 nitrogen and oxygen atoms in total. The molecule has 0 bridgehead atoms. The van der Waals surface area contributed by atoms with Crippen LogP contribution in [0, 0.1) is 35.0 Å². The molecule has 102 valence electrons. The Morgan fingerprint density at radius 2 is 1.72 bits per heavy atom. The summed E-state index contributed by atoms with van der Waals surface area (Å²) < 4.78 is 0. The van der Waals surface area contributed by atoms with Gasteiger partial charge in [0.2, 0.25) is 0 Å². The van der Waals surface area contributed by atoms with Crippen molar-refractivity contribution in [2.24, 2.45) is 23.2 Å². The molecule has 0 N–H and O–H groups in total. The predicted octanol–water partition coefficient (Wildman–Crippen LogP) is 4.46. The van der Waals surface area contributed by atoms with E-state index >= 15 is 0 Å². The second kappa shape index (κ2) is 6.41. The van der Waals surface area contributed by atoms with Gasteiger partial charge in [0.05, 0.1) is 6.42 Å². The minimum absolute atomic E-state index is 0.00951. The van der Waals surface area contributed by atoms with Crippen molar-refractivity contribution in [3.63, 3.8) is 0 Å². The topological polar surface area (TPSA) is 17.1 Å². The molecule has 0 aliphatic heterocycles. The fourth-order valence-electron chi connectivity index (χ4n) is 2.65. The first kappa shape index (κ1) is 15.3. The first-order valence-electron chi connectivity index (χ1n) is 7.32. The van der Waals surface area contributed by atoms with Crippen LogP contribution in [0.15, 0.2) is 0 Å². The molecule has 0 unspecified atom stereocenters. The molecule has 1 fully saturated rings. The van der Waals surface area contributed by atoms with Crippen molar-refractivity contribution in [3.05, 3.63) is 0 Å². The van der Waals surface area contributed by atoms with Crippen LogP contribution in [-0.2, 0) is 4.79 Å². The Morgan fingerprint density at radius 1 is 1.17 bits per heavy atom. The van der Waals surface area contributed by atoms with Crippen molar-refractivity contribution in [3.8, 4) is 11.8 Å². The fraction of sp³-hybridized carbons (Fsp3) is 0.824. The molecule has 0 atom stereocenters. The van der Waals surface area contributed by atoms with Crippen molar-refractivity contribution >= 4 is 5.78 Å². The minimum atomic E-state index is 0.00951. The van der Waals surface area contributed by atoms with Crippen LogP contribution in [0.1, 0.15) is 66.7 Å².